The highest BCUT2D eigenvalue weighted by molar-refractivity contribution is 6.05. The highest BCUT2D eigenvalue weighted by atomic mass is 16.5. The third-order valence-electron chi connectivity index (χ3n) is 4.94. The van der Waals surface area contributed by atoms with Crippen molar-refractivity contribution < 1.29 is 33.4 Å². The zero-order valence-electron chi connectivity index (χ0n) is 18.8. The van der Waals surface area contributed by atoms with E-state index in [1.807, 2.05) is 0 Å². The first kappa shape index (κ1) is 23.9. The topological polar surface area (TPSA) is 128 Å². The van der Waals surface area contributed by atoms with Crippen LogP contribution in [-0.2, 0) is 14.2 Å². The van der Waals surface area contributed by atoms with Crippen LogP contribution in [-0.4, -0.2) is 53.0 Å². The largest absolute Gasteiger partial charge is 0.462 e. The minimum atomic E-state index is -1.13. The molecule has 0 bridgehead atoms. The molecule has 2 aromatic heterocycles. The van der Waals surface area contributed by atoms with Gasteiger partial charge in [0.2, 0.25) is 5.78 Å². The van der Waals surface area contributed by atoms with Crippen LogP contribution in [0.15, 0.2) is 0 Å². The number of nitrogens with one attached hydrogen (secondary N) is 2. The number of carbonyl (C=O) groups excluding carboxylic acids is 4. The van der Waals surface area contributed by atoms with E-state index in [-0.39, 0.29) is 30.2 Å². The van der Waals surface area contributed by atoms with Crippen LogP contribution in [0.3, 0.4) is 0 Å². The Morgan fingerprint density at radius 3 is 1.61 bits per heavy atom. The molecule has 2 N–H and O–H groups in total. The van der Waals surface area contributed by atoms with Crippen molar-refractivity contribution in [1.29, 1.82) is 0 Å². The van der Waals surface area contributed by atoms with Crippen molar-refractivity contribution in [2.24, 2.45) is 0 Å². The predicted octanol–water partition coefficient (Wildman–Crippen LogP) is 3.36. The van der Waals surface area contributed by atoms with Crippen LogP contribution in [0.2, 0.25) is 0 Å². The number of aromatic amines is 2. The molecule has 2 heterocycles. The number of hydrogen-bond donors (Lipinski definition) is 2. The maximum atomic E-state index is 12.9. The molecule has 0 aliphatic heterocycles. The quantitative estimate of drug-likeness (QED) is 0.372. The Bertz CT molecular complexity index is 1030. The lowest BCUT2D eigenvalue weighted by Crippen LogP contribution is -2.26. The molecule has 0 fully saturated rings. The molecule has 0 saturated heterocycles. The number of aryl methyl sites for hydroxylation is 2. The molecule has 0 aliphatic carbocycles. The van der Waals surface area contributed by atoms with Gasteiger partial charge in [0, 0.05) is 11.4 Å². The molecule has 0 spiro atoms. The number of carbonyl (C=O) groups is 4. The molecule has 31 heavy (non-hydrogen) atoms. The van der Waals surface area contributed by atoms with Crippen molar-refractivity contribution in [3.05, 3.63) is 45.0 Å². The summed E-state index contributed by atoms with van der Waals surface area (Å²) >= 11 is 0. The average molecular weight is 432 g/mol. The Morgan fingerprint density at radius 2 is 1.16 bits per heavy atom. The SMILES string of the molecule is CCOC(=O)c1c(C)[nH]c(C(=O)OC(C)C(=O)c2[nH]c(C)c(C(=O)OCC)c2C)c1C. The summed E-state index contributed by atoms with van der Waals surface area (Å²) in [6.07, 6.45) is -1.13. The van der Waals surface area contributed by atoms with Gasteiger partial charge in [0.15, 0.2) is 6.10 Å². The van der Waals surface area contributed by atoms with Gasteiger partial charge in [-0.2, -0.15) is 0 Å². The first-order valence-corrected chi connectivity index (χ1v) is 10.0. The minimum absolute atomic E-state index is 0.0757. The van der Waals surface area contributed by atoms with Crippen molar-refractivity contribution in [3.63, 3.8) is 0 Å². The van der Waals surface area contributed by atoms with Gasteiger partial charge in [-0.25, -0.2) is 14.4 Å². The Morgan fingerprint density at radius 1 is 0.742 bits per heavy atom. The summed E-state index contributed by atoms with van der Waals surface area (Å²) in [5, 5.41) is 0. The number of esters is 3. The third kappa shape index (κ3) is 4.70. The second-order valence-electron chi connectivity index (χ2n) is 7.10. The zero-order valence-corrected chi connectivity index (χ0v) is 18.8. The van der Waals surface area contributed by atoms with Crippen LogP contribution in [0.25, 0.3) is 0 Å². The lowest BCUT2D eigenvalue weighted by molar-refractivity contribution is 0.0310. The highest BCUT2D eigenvalue weighted by Crippen LogP contribution is 2.23. The van der Waals surface area contributed by atoms with Crippen LogP contribution < -0.4 is 0 Å². The Hall–Kier alpha value is -3.36. The van der Waals surface area contributed by atoms with E-state index in [0.717, 1.165) is 0 Å². The highest BCUT2D eigenvalue weighted by Gasteiger charge is 2.30. The molecule has 0 aliphatic rings. The van der Waals surface area contributed by atoms with Crippen molar-refractivity contribution in [1.82, 2.24) is 9.97 Å². The Kier molecular flexibility index (Phi) is 7.43. The van der Waals surface area contributed by atoms with Crippen LogP contribution in [0.5, 0.6) is 0 Å². The lowest BCUT2D eigenvalue weighted by atomic mass is 10.1. The number of Topliss-reactive ketones (excluding diaryl/α,β-unsaturated/α-hetero) is 1. The number of aromatic nitrogens is 2. The number of ether oxygens (including phenoxy) is 3. The molecule has 1 atom stereocenters. The molecule has 0 amide bonds. The normalized spacial score (nSPS) is 11.7. The summed E-state index contributed by atoms with van der Waals surface area (Å²) in [7, 11) is 0. The van der Waals surface area contributed by atoms with E-state index in [1.54, 1.807) is 41.5 Å². The average Bonchev–Trinajstić information content (AvgIpc) is 3.16. The summed E-state index contributed by atoms with van der Waals surface area (Å²) in [6, 6.07) is 0. The molecule has 0 aromatic carbocycles. The van der Waals surface area contributed by atoms with Crippen molar-refractivity contribution >= 4 is 23.7 Å². The number of H-pyrrole nitrogens is 2. The van der Waals surface area contributed by atoms with Crippen molar-refractivity contribution in [2.75, 3.05) is 13.2 Å². The first-order chi connectivity index (χ1) is 14.5. The summed E-state index contributed by atoms with van der Waals surface area (Å²) < 4.78 is 15.4. The monoisotopic (exact) mass is 432 g/mol. The molecule has 2 rings (SSSR count). The van der Waals surface area contributed by atoms with E-state index >= 15 is 0 Å². The van der Waals surface area contributed by atoms with Gasteiger partial charge >= 0.3 is 17.9 Å². The Labute approximate surface area is 180 Å². The van der Waals surface area contributed by atoms with Gasteiger partial charge in [-0.1, -0.05) is 0 Å². The Balaban J connectivity index is 2.24. The number of hydrogen-bond acceptors (Lipinski definition) is 7. The maximum Gasteiger partial charge on any atom is 0.355 e. The molecule has 1 unspecified atom stereocenters. The van der Waals surface area contributed by atoms with Crippen molar-refractivity contribution in [2.45, 2.75) is 54.6 Å². The fraction of sp³-hybridized carbons (Fsp3) is 0.455. The molecule has 168 valence electrons. The molecule has 9 nitrogen and oxygen atoms in total. The van der Waals surface area contributed by atoms with E-state index in [0.29, 0.717) is 28.1 Å². The van der Waals surface area contributed by atoms with E-state index in [4.69, 9.17) is 14.2 Å². The molecule has 0 saturated carbocycles. The predicted molar refractivity (Wildman–Crippen MR) is 112 cm³/mol. The number of rotatable bonds is 8. The van der Waals surface area contributed by atoms with Crippen LogP contribution in [0, 0.1) is 27.7 Å². The lowest BCUT2D eigenvalue weighted by Gasteiger charge is -2.12. The van der Waals surface area contributed by atoms with Crippen LogP contribution in [0.1, 0.15) is 85.0 Å². The second kappa shape index (κ2) is 9.63. The fourth-order valence-electron chi connectivity index (χ4n) is 3.45. The molecule has 2 aromatic rings. The van der Waals surface area contributed by atoms with Gasteiger partial charge in [-0.15, -0.1) is 0 Å². The summed E-state index contributed by atoms with van der Waals surface area (Å²) in [6.45, 7) is 11.8. The van der Waals surface area contributed by atoms with Crippen LogP contribution in [0.4, 0.5) is 0 Å². The van der Waals surface area contributed by atoms with Gasteiger partial charge in [0.25, 0.3) is 0 Å². The van der Waals surface area contributed by atoms with Crippen molar-refractivity contribution in [3.8, 4) is 0 Å². The van der Waals surface area contributed by atoms with Gasteiger partial charge in [-0.3, -0.25) is 4.79 Å². The zero-order chi connectivity index (χ0) is 23.5. The van der Waals surface area contributed by atoms with E-state index in [1.165, 1.54) is 6.92 Å². The standard InChI is InChI=1S/C22H28N2O7/c1-8-29-20(26)15-10(3)17(23-12(15)5)19(25)14(7)31-22(28)18-11(4)16(13(6)24-18)21(27)30-9-2/h14,23-24H,8-9H2,1-7H3. The summed E-state index contributed by atoms with van der Waals surface area (Å²) in [5.41, 5.74) is 2.59. The maximum absolute atomic E-state index is 12.9. The molecule has 9 heteroatoms. The van der Waals surface area contributed by atoms with Gasteiger partial charge < -0.3 is 24.2 Å². The van der Waals surface area contributed by atoms with Gasteiger partial charge in [0.05, 0.1) is 30.0 Å². The van der Waals surface area contributed by atoms with E-state index in [2.05, 4.69) is 9.97 Å². The smallest absolute Gasteiger partial charge is 0.355 e. The molecular formula is C22H28N2O7. The first-order valence-electron chi connectivity index (χ1n) is 10.0. The molecular weight excluding hydrogens is 404 g/mol. The summed E-state index contributed by atoms with van der Waals surface area (Å²) in [5.74, 6) is -2.33. The summed E-state index contributed by atoms with van der Waals surface area (Å²) in [4.78, 5) is 55.5. The minimum Gasteiger partial charge on any atom is -0.462 e. The van der Waals surface area contributed by atoms with E-state index < -0.39 is 29.8 Å². The second-order valence-corrected chi connectivity index (χ2v) is 7.10. The van der Waals surface area contributed by atoms with Crippen LogP contribution >= 0.6 is 0 Å². The van der Waals surface area contributed by atoms with E-state index in [9.17, 15) is 19.2 Å². The van der Waals surface area contributed by atoms with Gasteiger partial charge in [0.1, 0.15) is 5.69 Å². The fourth-order valence-corrected chi connectivity index (χ4v) is 3.45. The van der Waals surface area contributed by atoms with Gasteiger partial charge in [-0.05, 0) is 59.6 Å². The third-order valence-corrected chi connectivity index (χ3v) is 4.94. The number of ketones is 1. The molecule has 0 radical (unpaired) electrons.